The highest BCUT2D eigenvalue weighted by Gasteiger charge is 2.41. The third-order valence-corrected chi connectivity index (χ3v) is 6.76. The molecule has 0 unspecified atom stereocenters. The molecule has 0 bridgehead atoms. The summed E-state index contributed by atoms with van der Waals surface area (Å²) in [6.45, 7) is 10.8. The van der Waals surface area contributed by atoms with E-state index in [9.17, 15) is 9.18 Å². The van der Waals surface area contributed by atoms with Crippen molar-refractivity contribution in [1.82, 2.24) is 5.32 Å². The number of aliphatic imine (C=N–C) groups is 1. The normalized spacial score (nSPS) is 25.7. The van der Waals surface area contributed by atoms with Gasteiger partial charge in [-0.25, -0.2) is 4.39 Å². The van der Waals surface area contributed by atoms with Gasteiger partial charge in [-0.1, -0.05) is 43.0 Å². The number of nitrogens with zero attached hydrogens (tertiary/aromatic N) is 2. The molecule has 1 saturated carbocycles. The maximum atomic E-state index is 13.6. The Bertz CT molecular complexity index is 988. The van der Waals surface area contributed by atoms with E-state index in [0.717, 1.165) is 35.5 Å². The Balaban J connectivity index is 1.39. The number of alkyl halides is 1. The lowest BCUT2D eigenvalue weighted by molar-refractivity contribution is -0.117. The Kier molecular flexibility index (Phi) is 6.73. The van der Waals surface area contributed by atoms with Gasteiger partial charge in [0.25, 0.3) is 5.91 Å². The van der Waals surface area contributed by atoms with Crippen LogP contribution in [0.5, 0.6) is 0 Å². The average Bonchev–Trinajstić information content (AvgIpc) is 3.32. The minimum atomic E-state index is -0.609. The van der Waals surface area contributed by atoms with Crippen LogP contribution in [-0.4, -0.2) is 37.4 Å². The van der Waals surface area contributed by atoms with Gasteiger partial charge in [0.15, 0.2) is 0 Å². The van der Waals surface area contributed by atoms with Crippen LogP contribution in [0.4, 0.5) is 10.1 Å². The average molecular weight is 434 g/mol. The summed E-state index contributed by atoms with van der Waals surface area (Å²) in [5.74, 6) is 0.844. The molecule has 1 saturated heterocycles. The Morgan fingerprint density at radius 2 is 1.91 bits per heavy atom. The second kappa shape index (κ2) is 9.68. The van der Waals surface area contributed by atoms with E-state index in [0.29, 0.717) is 43.3 Å². The first-order valence-corrected chi connectivity index (χ1v) is 11.5. The van der Waals surface area contributed by atoms with Crippen LogP contribution < -0.4 is 10.2 Å². The van der Waals surface area contributed by atoms with Crippen molar-refractivity contribution in [2.75, 3.05) is 24.5 Å². The van der Waals surface area contributed by atoms with Gasteiger partial charge in [-0.2, -0.15) is 0 Å². The largest absolute Gasteiger partial charge is 0.371 e. The van der Waals surface area contributed by atoms with Gasteiger partial charge in [0.05, 0.1) is 12.1 Å². The molecule has 2 aliphatic heterocycles. The summed E-state index contributed by atoms with van der Waals surface area (Å²) in [7, 11) is 0. The van der Waals surface area contributed by atoms with Gasteiger partial charge in [-0.3, -0.25) is 9.79 Å². The van der Waals surface area contributed by atoms with Crippen molar-refractivity contribution in [2.45, 2.75) is 39.4 Å². The van der Waals surface area contributed by atoms with Gasteiger partial charge in [-0.05, 0) is 67.4 Å². The van der Waals surface area contributed by atoms with Crippen molar-refractivity contribution in [3.8, 4) is 0 Å². The molecule has 1 aromatic rings. The van der Waals surface area contributed by atoms with Crippen LogP contribution in [0.2, 0.25) is 0 Å². The van der Waals surface area contributed by atoms with Gasteiger partial charge < -0.3 is 10.2 Å². The standard InChI is InChI=1S/C27H32FN3O/c1-4-5-6-7-25-18(2)14-29-19(3)26(25)27(32)30-15-20-8-10-24(11-9-20)31-16-21-12-23(28)13-22(21)17-31/h4-11,21-23H,2,12-17H2,1,3H3,(H,30,32)/b5-4-,7-6-/t21-,22+,23+. The summed E-state index contributed by atoms with van der Waals surface area (Å²) in [4.78, 5) is 19.8. The molecule has 0 radical (unpaired) electrons. The summed E-state index contributed by atoms with van der Waals surface area (Å²) in [5, 5.41) is 3.04. The summed E-state index contributed by atoms with van der Waals surface area (Å²) in [6, 6.07) is 8.33. The number of carbonyl (C=O) groups excluding carboxylic acids is 1. The number of anilines is 1. The number of hydrogen-bond acceptors (Lipinski definition) is 3. The lowest BCUT2D eigenvalue weighted by Gasteiger charge is -2.21. The van der Waals surface area contributed by atoms with Crippen LogP contribution >= 0.6 is 0 Å². The summed E-state index contributed by atoms with van der Waals surface area (Å²) in [5.41, 5.74) is 5.24. The molecule has 3 aliphatic rings. The first kappa shape index (κ1) is 22.3. The number of allylic oxidation sites excluding steroid dienone is 4. The predicted molar refractivity (Wildman–Crippen MR) is 130 cm³/mol. The number of amides is 1. The maximum absolute atomic E-state index is 13.6. The summed E-state index contributed by atoms with van der Waals surface area (Å²) < 4.78 is 13.6. The zero-order chi connectivity index (χ0) is 22.7. The molecule has 3 atom stereocenters. The zero-order valence-electron chi connectivity index (χ0n) is 19.0. The molecule has 168 valence electrons. The van der Waals surface area contributed by atoms with Crippen molar-refractivity contribution in [3.63, 3.8) is 0 Å². The SMILES string of the molecule is C=C1CN=C(C)C(C(=O)NCc2ccc(N3C[C@H]4C[C@H](F)C[C@H]4C3)cc2)=C1/C=C\C=C/C. The molecule has 2 fully saturated rings. The number of dihydropyridines is 1. The van der Waals surface area contributed by atoms with Gasteiger partial charge in [0.2, 0.25) is 0 Å². The van der Waals surface area contributed by atoms with Crippen molar-refractivity contribution in [1.29, 1.82) is 0 Å². The lowest BCUT2D eigenvalue weighted by Crippen LogP contribution is -2.30. The molecule has 1 N–H and O–H groups in total. The van der Waals surface area contributed by atoms with Crippen molar-refractivity contribution in [2.24, 2.45) is 16.8 Å². The third kappa shape index (κ3) is 4.77. The van der Waals surface area contributed by atoms with Gasteiger partial charge in [0, 0.05) is 31.0 Å². The lowest BCUT2D eigenvalue weighted by atomic mass is 9.94. The predicted octanol–water partition coefficient (Wildman–Crippen LogP) is 4.95. The number of halogens is 1. The molecule has 1 aliphatic carbocycles. The van der Waals surface area contributed by atoms with E-state index in [1.165, 1.54) is 5.69 Å². The maximum Gasteiger partial charge on any atom is 0.253 e. The van der Waals surface area contributed by atoms with Crippen molar-refractivity contribution >= 4 is 17.3 Å². The van der Waals surface area contributed by atoms with E-state index in [1.54, 1.807) is 0 Å². The van der Waals surface area contributed by atoms with Gasteiger partial charge in [-0.15, -0.1) is 0 Å². The van der Waals surface area contributed by atoms with Crippen LogP contribution in [0.1, 0.15) is 32.3 Å². The topological polar surface area (TPSA) is 44.7 Å². The highest BCUT2D eigenvalue weighted by Crippen LogP contribution is 2.41. The van der Waals surface area contributed by atoms with Crippen LogP contribution in [0.25, 0.3) is 0 Å². The highest BCUT2D eigenvalue weighted by atomic mass is 19.1. The zero-order valence-corrected chi connectivity index (χ0v) is 19.0. The minimum absolute atomic E-state index is 0.135. The molecule has 1 aromatic carbocycles. The number of carbonyl (C=O) groups is 1. The Morgan fingerprint density at radius 3 is 2.56 bits per heavy atom. The summed E-state index contributed by atoms with van der Waals surface area (Å²) in [6.07, 6.45) is 8.54. The van der Waals surface area contributed by atoms with Crippen LogP contribution in [0.15, 0.2) is 76.9 Å². The third-order valence-electron chi connectivity index (χ3n) is 6.76. The van der Waals surface area contributed by atoms with Crippen LogP contribution in [0, 0.1) is 11.8 Å². The second-order valence-corrected chi connectivity index (χ2v) is 9.02. The van der Waals surface area contributed by atoms with Crippen molar-refractivity contribution < 1.29 is 9.18 Å². The Labute approximate surface area is 190 Å². The molecule has 1 amide bonds. The van der Waals surface area contributed by atoms with Crippen LogP contribution in [-0.2, 0) is 11.3 Å². The molecular formula is C27H32FN3O. The number of benzene rings is 1. The molecular weight excluding hydrogens is 401 g/mol. The minimum Gasteiger partial charge on any atom is -0.371 e. The first-order chi connectivity index (χ1) is 15.5. The molecule has 5 heteroatoms. The quantitative estimate of drug-likeness (QED) is 0.646. The van der Waals surface area contributed by atoms with E-state index in [2.05, 4.69) is 46.1 Å². The fraction of sp³-hybridized carbons (Fsp3) is 0.407. The van der Waals surface area contributed by atoms with E-state index < -0.39 is 6.17 Å². The summed E-state index contributed by atoms with van der Waals surface area (Å²) >= 11 is 0. The number of rotatable bonds is 6. The van der Waals surface area contributed by atoms with E-state index >= 15 is 0 Å². The molecule has 4 rings (SSSR count). The fourth-order valence-electron chi connectivity index (χ4n) is 5.03. The van der Waals surface area contributed by atoms with Crippen molar-refractivity contribution in [3.05, 3.63) is 77.4 Å². The highest BCUT2D eigenvalue weighted by molar-refractivity contribution is 6.22. The number of nitrogens with one attached hydrogen (secondary N) is 1. The molecule has 0 spiro atoms. The Hall–Kier alpha value is -2.95. The number of hydrogen-bond donors (Lipinski definition) is 1. The molecule has 2 heterocycles. The van der Waals surface area contributed by atoms with E-state index in [1.807, 2.05) is 38.2 Å². The fourth-order valence-corrected chi connectivity index (χ4v) is 5.03. The monoisotopic (exact) mass is 433 g/mol. The molecule has 0 aromatic heterocycles. The Morgan fingerprint density at radius 1 is 1.22 bits per heavy atom. The molecule has 32 heavy (non-hydrogen) atoms. The van der Waals surface area contributed by atoms with E-state index in [-0.39, 0.29) is 5.91 Å². The number of fused-ring (bicyclic) bond motifs is 1. The van der Waals surface area contributed by atoms with E-state index in [4.69, 9.17) is 0 Å². The van der Waals surface area contributed by atoms with Crippen LogP contribution in [0.3, 0.4) is 0 Å². The van der Waals surface area contributed by atoms with Gasteiger partial charge in [0.1, 0.15) is 6.17 Å². The smallest absolute Gasteiger partial charge is 0.253 e. The second-order valence-electron chi connectivity index (χ2n) is 9.02. The first-order valence-electron chi connectivity index (χ1n) is 11.5. The van der Waals surface area contributed by atoms with Gasteiger partial charge >= 0.3 is 0 Å². The molecule has 4 nitrogen and oxygen atoms in total.